The van der Waals surface area contributed by atoms with Gasteiger partial charge in [0.15, 0.2) is 0 Å². The van der Waals surface area contributed by atoms with Gasteiger partial charge in [0.1, 0.15) is 56.6 Å². The first-order valence-corrected chi connectivity index (χ1v) is 16.2. The third-order valence-electron chi connectivity index (χ3n) is 8.71. The van der Waals surface area contributed by atoms with E-state index in [1.807, 2.05) is 96.1 Å². The number of Topliss-reactive ketones (excluding diaryl/α,β-unsaturated/α-hetero) is 1. The Balaban J connectivity index is 1.30. The van der Waals surface area contributed by atoms with E-state index in [0.29, 0.717) is 50.1 Å². The molecule has 2 heterocycles. The molecule has 0 fully saturated rings. The molecule has 3 N–H and O–H groups in total. The van der Waals surface area contributed by atoms with Crippen molar-refractivity contribution in [3.05, 3.63) is 95.1 Å². The number of phenols is 2. The molecule has 1 atom stereocenters. The Morgan fingerprint density at radius 1 is 0.653 bits per heavy atom. The molecule has 0 saturated carbocycles. The molecule has 0 saturated heterocycles. The van der Waals surface area contributed by atoms with Crippen molar-refractivity contribution in [3.63, 3.8) is 0 Å². The van der Waals surface area contributed by atoms with E-state index in [9.17, 15) is 24.9 Å². The van der Waals surface area contributed by atoms with Gasteiger partial charge in [0.25, 0.3) is 0 Å². The molecule has 0 spiro atoms. The summed E-state index contributed by atoms with van der Waals surface area (Å²) in [5.41, 5.74) is 4.95. The van der Waals surface area contributed by atoms with Crippen molar-refractivity contribution in [3.8, 4) is 22.9 Å². The number of carbonyl (C=O) groups excluding carboxylic acids is 1. The lowest BCUT2D eigenvalue weighted by Gasteiger charge is -2.24. The van der Waals surface area contributed by atoms with Crippen LogP contribution in [0.25, 0.3) is 33.4 Å². The second kappa shape index (κ2) is 12.5. The van der Waals surface area contributed by atoms with Gasteiger partial charge in [-0.05, 0) is 71.2 Å². The van der Waals surface area contributed by atoms with E-state index in [1.54, 1.807) is 18.2 Å². The third kappa shape index (κ3) is 6.74. The van der Waals surface area contributed by atoms with Gasteiger partial charge in [-0.2, -0.15) is 0 Å². The fourth-order valence-corrected chi connectivity index (χ4v) is 6.02. The summed E-state index contributed by atoms with van der Waals surface area (Å²) in [4.78, 5) is 29.0. The summed E-state index contributed by atoms with van der Waals surface area (Å²) in [6.45, 7) is 11.8. The lowest BCUT2D eigenvalue weighted by atomic mass is 9.82. The van der Waals surface area contributed by atoms with Gasteiger partial charge in [-0.1, -0.05) is 77.9 Å². The zero-order valence-electron chi connectivity index (χ0n) is 28.5. The minimum Gasteiger partial charge on any atom is -0.505 e. The number of benzene rings is 4. The summed E-state index contributed by atoms with van der Waals surface area (Å²) in [6.07, 6.45) is 0.128. The highest BCUT2D eigenvalue weighted by Crippen LogP contribution is 2.38. The van der Waals surface area contributed by atoms with Gasteiger partial charge in [0, 0.05) is 17.5 Å². The van der Waals surface area contributed by atoms with E-state index in [1.165, 1.54) is 9.59 Å². The number of carboxylic acids is 1. The van der Waals surface area contributed by atoms with Crippen molar-refractivity contribution in [2.24, 2.45) is 5.92 Å². The number of aryl methyl sites for hydroxylation is 1. The molecule has 0 aliphatic carbocycles. The lowest BCUT2D eigenvalue weighted by Crippen LogP contribution is -2.27. The Labute approximate surface area is 283 Å². The van der Waals surface area contributed by atoms with E-state index in [4.69, 9.17) is 0 Å². The summed E-state index contributed by atoms with van der Waals surface area (Å²) in [6, 6.07) is 21.7. The maximum Gasteiger partial charge on any atom is 0.314 e. The van der Waals surface area contributed by atoms with Crippen LogP contribution in [0.2, 0.25) is 0 Å². The average Bonchev–Trinajstić information content (AvgIpc) is 3.67. The SMILES string of the molecule is CC(C)(C)c1cc(CCC(=O)C(Cc2cc(-n3nc4ccccc4n3)c(O)c(C(C)(C)C)c2)C(=O)O)cc(-n2nc3ccccc3n2)c1O. The monoisotopic (exact) mass is 660 g/mol. The Hall–Kier alpha value is -5.58. The molecule has 11 heteroatoms. The van der Waals surface area contributed by atoms with Crippen molar-refractivity contribution in [2.75, 3.05) is 0 Å². The third-order valence-corrected chi connectivity index (χ3v) is 8.71. The Morgan fingerprint density at radius 3 is 1.43 bits per heavy atom. The summed E-state index contributed by atoms with van der Waals surface area (Å²) in [7, 11) is 0. The van der Waals surface area contributed by atoms with Crippen LogP contribution in [0.1, 0.15) is 70.2 Å². The summed E-state index contributed by atoms with van der Waals surface area (Å²) >= 11 is 0. The fourth-order valence-electron chi connectivity index (χ4n) is 6.02. The fraction of sp³-hybridized carbons (Fsp3) is 0.316. The standard InChI is InChI=1S/C38H40N6O5/c1-37(2,3)25-18-22(20-31(34(25)46)43-39-27-11-7-8-12-28(27)40-43)15-16-33(45)24(36(48)49)17-23-19-26(38(4,5)6)35(47)32(21-23)44-41-29-13-9-10-14-30(29)42-44/h7-14,18-21,24,46-47H,15-17H2,1-6H3,(H,48,49). The predicted molar refractivity (Wildman–Crippen MR) is 187 cm³/mol. The second-order valence-corrected chi connectivity index (χ2v) is 14.5. The van der Waals surface area contributed by atoms with Crippen LogP contribution in [0.4, 0.5) is 0 Å². The van der Waals surface area contributed by atoms with Gasteiger partial charge in [-0.3, -0.25) is 9.59 Å². The first-order valence-electron chi connectivity index (χ1n) is 16.2. The predicted octanol–water partition coefficient (Wildman–Crippen LogP) is 6.61. The smallest absolute Gasteiger partial charge is 0.314 e. The molecule has 0 aliphatic rings. The van der Waals surface area contributed by atoms with Crippen LogP contribution >= 0.6 is 0 Å². The highest BCUT2D eigenvalue weighted by Gasteiger charge is 2.30. The van der Waals surface area contributed by atoms with Gasteiger partial charge in [0.05, 0.1) is 0 Å². The Bertz CT molecular complexity index is 2150. The number of hydrogen-bond acceptors (Lipinski definition) is 8. The van der Waals surface area contributed by atoms with Crippen molar-refractivity contribution < 1.29 is 24.9 Å². The molecule has 6 rings (SSSR count). The quantitative estimate of drug-likeness (QED) is 0.145. The first kappa shape index (κ1) is 33.3. The maximum absolute atomic E-state index is 13.7. The van der Waals surface area contributed by atoms with Crippen molar-refractivity contribution in [1.29, 1.82) is 0 Å². The normalized spacial score (nSPS) is 12.9. The van der Waals surface area contributed by atoms with Gasteiger partial charge in [0.2, 0.25) is 0 Å². The molecule has 2 aromatic heterocycles. The lowest BCUT2D eigenvalue weighted by molar-refractivity contribution is -0.146. The molecular weight excluding hydrogens is 620 g/mol. The van der Waals surface area contributed by atoms with E-state index >= 15 is 0 Å². The van der Waals surface area contributed by atoms with Crippen molar-refractivity contribution in [2.45, 2.75) is 71.6 Å². The van der Waals surface area contributed by atoms with Crippen LogP contribution in [0.5, 0.6) is 11.5 Å². The number of nitrogens with zero attached hydrogens (tertiary/aromatic N) is 6. The minimum absolute atomic E-state index is 0.00730. The minimum atomic E-state index is -1.33. The number of phenolic OH excluding ortho intramolecular Hbond substituents is 2. The van der Waals surface area contributed by atoms with E-state index < -0.39 is 28.5 Å². The molecule has 0 aliphatic heterocycles. The number of carbonyl (C=O) groups is 2. The molecule has 4 aromatic carbocycles. The van der Waals surface area contributed by atoms with Gasteiger partial charge >= 0.3 is 5.97 Å². The summed E-state index contributed by atoms with van der Waals surface area (Å²) < 4.78 is 0. The van der Waals surface area contributed by atoms with Crippen LogP contribution in [-0.2, 0) is 33.3 Å². The zero-order chi connectivity index (χ0) is 35.2. The molecule has 49 heavy (non-hydrogen) atoms. The second-order valence-electron chi connectivity index (χ2n) is 14.5. The van der Waals surface area contributed by atoms with Gasteiger partial charge in [-0.25, -0.2) is 0 Å². The Kier molecular flexibility index (Phi) is 8.48. The van der Waals surface area contributed by atoms with E-state index in [-0.39, 0.29) is 30.8 Å². The number of fused-ring (bicyclic) bond motifs is 2. The number of hydrogen-bond donors (Lipinski definition) is 3. The number of rotatable bonds is 9. The highest BCUT2D eigenvalue weighted by atomic mass is 16.4. The molecule has 0 amide bonds. The molecular formula is C38H40N6O5. The summed E-state index contributed by atoms with van der Waals surface area (Å²) in [5.74, 6) is -2.95. The topological polar surface area (TPSA) is 156 Å². The van der Waals surface area contributed by atoms with Crippen LogP contribution in [0.15, 0.2) is 72.8 Å². The largest absolute Gasteiger partial charge is 0.505 e. The van der Waals surface area contributed by atoms with Crippen LogP contribution in [-0.4, -0.2) is 57.1 Å². The molecule has 0 radical (unpaired) electrons. The average molecular weight is 661 g/mol. The van der Waals surface area contributed by atoms with Gasteiger partial charge < -0.3 is 15.3 Å². The maximum atomic E-state index is 13.7. The molecule has 1 unspecified atom stereocenters. The number of aromatic nitrogens is 6. The number of ketones is 1. The number of carboxylic acid groups (broad SMARTS) is 1. The Morgan fingerprint density at radius 2 is 1.04 bits per heavy atom. The summed E-state index contributed by atoms with van der Waals surface area (Å²) in [5, 5.41) is 51.0. The van der Waals surface area contributed by atoms with E-state index in [0.717, 1.165) is 5.56 Å². The van der Waals surface area contributed by atoms with E-state index in [2.05, 4.69) is 20.4 Å². The van der Waals surface area contributed by atoms with Crippen molar-refractivity contribution in [1.82, 2.24) is 30.0 Å². The van der Waals surface area contributed by atoms with Crippen LogP contribution < -0.4 is 0 Å². The van der Waals surface area contributed by atoms with Gasteiger partial charge in [-0.15, -0.1) is 30.0 Å². The number of aliphatic carboxylic acids is 1. The first-order chi connectivity index (χ1) is 23.1. The highest BCUT2D eigenvalue weighted by molar-refractivity contribution is 5.98. The zero-order valence-corrected chi connectivity index (χ0v) is 28.5. The number of aromatic hydroxyl groups is 2. The molecule has 0 bridgehead atoms. The van der Waals surface area contributed by atoms with Crippen LogP contribution in [0, 0.1) is 5.92 Å². The van der Waals surface area contributed by atoms with Crippen molar-refractivity contribution >= 4 is 33.8 Å². The molecule has 252 valence electrons. The molecule has 6 aromatic rings. The van der Waals surface area contributed by atoms with Crippen LogP contribution in [0.3, 0.4) is 0 Å². The molecule has 11 nitrogen and oxygen atoms in total.